The van der Waals surface area contributed by atoms with Crippen LogP contribution in [0.25, 0.3) is 11.3 Å². The summed E-state index contributed by atoms with van der Waals surface area (Å²) in [6.07, 6.45) is 4.27. The van der Waals surface area contributed by atoms with E-state index in [2.05, 4.69) is 20.2 Å². The van der Waals surface area contributed by atoms with Crippen molar-refractivity contribution in [1.29, 1.82) is 0 Å². The maximum absolute atomic E-state index is 4.55. The van der Waals surface area contributed by atoms with Gasteiger partial charge in [-0.3, -0.25) is 4.98 Å². The van der Waals surface area contributed by atoms with E-state index in [-0.39, 0.29) is 0 Å². The number of hydrogen-bond donors (Lipinski definition) is 0. The van der Waals surface area contributed by atoms with Gasteiger partial charge in [0.05, 0.1) is 11.4 Å². The van der Waals surface area contributed by atoms with Crippen LogP contribution < -0.4 is 0 Å². The van der Waals surface area contributed by atoms with Crippen LogP contribution in [0.4, 0.5) is 0 Å². The van der Waals surface area contributed by atoms with Crippen LogP contribution in [-0.2, 0) is 6.42 Å². The molecule has 0 atom stereocenters. The number of aryl methyl sites for hydroxylation is 1. The molecule has 0 aliphatic carbocycles. The molecule has 0 aliphatic rings. The summed E-state index contributed by atoms with van der Waals surface area (Å²) in [5.74, 6) is 0.683. The second kappa shape index (κ2) is 5.57. The lowest BCUT2D eigenvalue weighted by atomic mass is 10.0. The molecular formula is C16H14N4. The lowest BCUT2D eigenvalue weighted by Gasteiger charge is -2.08. The topological polar surface area (TPSA) is 51.6 Å². The molecule has 4 heteroatoms. The van der Waals surface area contributed by atoms with Gasteiger partial charge in [0.15, 0.2) is 0 Å². The van der Waals surface area contributed by atoms with Crippen molar-refractivity contribution in [2.24, 2.45) is 0 Å². The van der Waals surface area contributed by atoms with Gasteiger partial charge in [0.1, 0.15) is 5.82 Å². The van der Waals surface area contributed by atoms with Crippen molar-refractivity contribution in [1.82, 2.24) is 20.2 Å². The molecule has 0 spiro atoms. The third kappa shape index (κ3) is 2.69. The minimum Gasteiger partial charge on any atom is -0.265 e. The molecule has 0 amide bonds. The van der Waals surface area contributed by atoms with Gasteiger partial charge in [-0.05, 0) is 24.6 Å². The summed E-state index contributed by atoms with van der Waals surface area (Å²) in [7, 11) is 0. The number of rotatable bonds is 3. The first-order valence-corrected chi connectivity index (χ1v) is 6.47. The van der Waals surface area contributed by atoms with Gasteiger partial charge >= 0.3 is 0 Å². The van der Waals surface area contributed by atoms with Crippen molar-refractivity contribution in [2.45, 2.75) is 13.3 Å². The maximum atomic E-state index is 4.55. The molecular weight excluding hydrogens is 248 g/mol. The van der Waals surface area contributed by atoms with E-state index in [1.807, 2.05) is 49.4 Å². The summed E-state index contributed by atoms with van der Waals surface area (Å²) in [6.45, 7) is 1.86. The molecule has 0 saturated carbocycles. The van der Waals surface area contributed by atoms with E-state index in [0.29, 0.717) is 12.2 Å². The predicted molar refractivity (Wildman–Crippen MR) is 77.0 cm³/mol. The van der Waals surface area contributed by atoms with Crippen LogP contribution in [0.5, 0.6) is 0 Å². The van der Waals surface area contributed by atoms with Crippen molar-refractivity contribution in [3.8, 4) is 11.3 Å². The maximum Gasteiger partial charge on any atom is 0.148 e. The second-order valence-corrected chi connectivity index (χ2v) is 4.55. The highest BCUT2D eigenvalue weighted by molar-refractivity contribution is 5.61. The summed E-state index contributed by atoms with van der Waals surface area (Å²) >= 11 is 0. The Morgan fingerprint density at radius 1 is 0.900 bits per heavy atom. The van der Waals surface area contributed by atoms with Crippen LogP contribution in [0.15, 0.2) is 54.9 Å². The first-order chi connectivity index (χ1) is 9.83. The normalized spacial score (nSPS) is 10.4. The van der Waals surface area contributed by atoms with Crippen LogP contribution in [0.1, 0.15) is 17.1 Å². The molecule has 0 N–H and O–H groups in total. The SMILES string of the molecule is Cc1nnc(Cc2ccncc2)c(-c2ccccc2)n1. The van der Waals surface area contributed by atoms with Gasteiger partial charge in [0.25, 0.3) is 0 Å². The zero-order valence-corrected chi connectivity index (χ0v) is 11.2. The van der Waals surface area contributed by atoms with Gasteiger partial charge in [-0.25, -0.2) is 4.98 Å². The fourth-order valence-electron chi connectivity index (χ4n) is 2.07. The average molecular weight is 262 g/mol. The van der Waals surface area contributed by atoms with Crippen molar-refractivity contribution in [2.75, 3.05) is 0 Å². The Morgan fingerprint density at radius 3 is 2.40 bits per heavy atom. The lowest BCUT2D eigenvalue weighted by Crippen LogP contribution is -2.03. The largest absolute Gasteiger partial charge is 0.265 e. The number of hydrogen-bond acceptors (Lipinski definition) is 4. The van der Waals surface area contributed by atoms with E-state index >= 15 is 0 Å². The van der Waals surface area contributed by atoms with Crippen LogP contribution in [0.2, 0.25) is 0 Å². The molecule has 1 aromatic carbocycles. The third-order valence-corrected chi connectivity index (χ3v) is 3.03. The molecule has 3 aromatic rings. The Morgan fingerprint density at radius 2 is 1.65 bits per heavy atom. The van der Waals surface area contributed by atoms with Gasteiger partial charge in [-0.1, -0.05) is 30.3 Å². The average Bonchev–Trinajstić information content (AvgIpc) is 2.51. The monoisotopic (exact) mass is 262 g/mol. The van der Waals surface area contributed by atoms with Gasteiger partial charge in [-0.2, -0.15) is 5.10 Å². The second-order valence-electron chi connectivity index (χ2n) is 4.55. The molecule has 0 unspecified atom stereocenters. The number of nitrogens with zero attached hydrogens (tertiary/aromatic N) is 4. The van der Waals surface area contributed by atoms with Crippen molar-refractivity contribution in [3.05, 3.63) is 71.9 Å². The molecule has 0 radical (unpaired) electrons. The van der Waals surface area contributed by atoms with Gasteiger partial charge in [0, 0.05) is 24.4 Å². The van der Waals surface area contributed by atoms with Crippen LogP contribution in [0.3, 0.4) is 0 Å². The highest BCUT2D eigenvalue weighted by Gasteiger charge is 2.10. The molecule has 98 valence electrons. The highest BCUT2D eigenvalue weighted by atomic mass is 15.2. The summed E-state index contributed by atoms with van der Waals surface area (Å²) in [5, 5.41) is 8.40. The molecule has 0 saturated heterocycles. The Labute approximate surface area is 117 Å². The Balaban J connectivity index is 2.03. The Bertz CT molecular complexity index is 696. The number of aromatic nitrogens is 4. The number of pyridine rings is 1. The summed E-state index contributed by atoms with van der Waals surface area (Å²) in [4.78, 5) is 8.58. The van der Waals surface area contributed by atoms with Crippen LogP contribution in [0, 0.1) is 6.92 Å². The first kappa shape index (κ1) is 12.4. The lowest BCUT2D eigenvalue weighted by molar-refractivity contribution is 0.855. The molecule has 2 aromatic heterocycles. The smallest absolute Gasteiger partial charge is 0.148 e. The van der Waals surface area contributed by atoms with Gasteiger partial charge < -0.3 is 0 Å². The molecule has 20 heavy (non-hydrogen) atoms. The van der Waals surface area contributed by atoms with Crippen LogP contribution >= 0.6 is 0 Å². The zero-order valence-electron chi connectivity index (χ0n) is 11.2. The first-order valence-electron chi connectivity index (χ1n) is 6.47. The fraction of sp³-hybridized carbons (Fsp3) is 0.125. The Hall–Kier alpha value is -2.62. The van der Waals surface area contributed by atoms with Gasteiger partial charge in [0.2, 0.25) is 0 Å². The van der Waals surface area contributed by atoms with E-state index in [9.17, 15) is 0 Å². The molecule has 0 fully saturated rings. The van der Waals surface area contributed by atoms with Gasteiger partial charge in [-0.15, -0.1) is 5.10 Å². The van der Waals surface area contributed by atoms with Crippen molar-refractivity contribution >= 4 is 0 Å². The standard InChI is InChI=1S/C16H14N4/c1-12-18-16(14-5-3-2-4-6-14)15(20-19-12)11-13-7-9-17-10-8-13/h2-10H,11H2,1H3. The van der Waals surface area contributed by atoms with E-state index < -0.39 is 0 Å². The summed E-state index contributed by atoms with van der Waals surface area (Å²) in [5.41, 5.74) is 4.00. The zero-order chi connectivity index (χ0) is 13.8. The summed E-state index contributed by atoms with van der Waals surface area (Å²) in [6, 6.07) is 14.0. The fourth-order valence-corrected chi connectivity index (χ4v) is 2.07. The minimum atomic E-state index is 0.683. The molecule has 3 rings (SSSR count). The van der Waals surface area contributed by atoms with E-state index in [1.54, 1.807) is 12.4 Å². The third-order valence-electron chi connectivity index (χ3n) is 3.03. The molecule has 0 aliphatic heterocycles. The molecule has 2 heterocycles. The quantitative estimate of drug-likeness (QED) is 0.728. The molecule has 4 nitrogen and oxygen atoms in total. The predicted octanol–water partition coefficient (Wildman–Crippen LogP) is 2.83. The summed E-state index contributed by atoms with van der Waals surface area (Å²) < 4.78 is 0. The highest BCUT2D eigenvalue weighted by Crippen LogP contribution is 2.21. The molecule has 0 bridgehead atoms. The van der Waals surface area contributed by atoms with E-state index in [0.717, 1.165) is 22.5 Å². The minimum absolute atomic E-state index is 0.683. The van der Waals surface area contributed by atoms with E-state index in [1.165, 1.54) is 0 Å². The van der Waals surface area contributed by atoms with Crippen molar-refractivity contribution < 1.29 is 0 Å². The Kier molecular flexibility index (Phi) is 3.46. The van der Waals surface area contributed by atoms with Crippen LogP contribution in [-0.4, -0.2) is 20.2 Å². The number of benzene rings is 1. The van der Waals surface area contributed by atoms with Crippen molar-refractivity contribution in [3.63, 3.8) is 0 Å². The van der Waals surface area contributed by atoms with E-state index in [4.69, 9.17) is 0 Å².